The Morgan fingerprint density at radius 1 is 1.17 bits per heavy atom. The van der Waals surface area contributed by atoms with Crippen molar-refractivity contribution in [3.05, 3.63) is 54.7 Å². The van der Waals surface area contributed by atoms with Crippen LogP contribution in [-0.4, -0.2) is 45.1 Å². The van der Waals surface area contributed by atoms with Crippen LogP contribution in [0, 0.1) is 6.92 Å². The fourth-order valence-corrected chi connectivity index (χ4v) is 4.08. The van der Waals surface area contributed by atoms with Crippen LogP contribution in [0.2, 0.25) is 0 Å². The Hall–Kier alpha value is -3.55. The third-order valence-electron chi connectivity index (χ3n) is 5.41. The molecule has 3 aromatic rings. The van der Waals surface area contributed by atoms with Crippen LogP contribution in [0.15, 0.2) is 49.1 Å². The molecule has 0 aliphatic carbocycles. The van der Waals surface area contributed by atoms with Crippen molar-refractivity contribution < 1.29 is 4.79 Å². The van der Waals surface area contributed by atoms with E-state index in [-0.39, 0.29) is 12.1 Å². The number of nitrogens with zero attached hydrogens (tertiary/aromatic N) is 6. The van der Waals surface area contributed by atoms with Gasteiger partial charge in [-0.05, 0) is 50.1 Å². The number of piperidine rings is 1. The second kappa shape index (κ2) is 7.12. The summed E-state index contributed by atoms with van der Waals surface area (Å²) < 4.78 is 0. The number of rotatable bonds is 2. The number of carbonyl (C=O) groups excluding carboxylic acids is 1. The summed E-state index contributed by atoms with van der Waals surface area (Å²) in [6, 6.07) is 9.58. The number of hydrogen-bond donors (Lipinski definition) is 1. The highest BCUT2D eigenvalue weighted by atomic mass is 16.2. The molecular weight excluding hydrogens is 366 g/mol. The zero-order valence-corrected chi connectivity index (χ0v) is 16.1. The molecule has 2 bridgehead atoms. The highest BCUT2D eigenvalue weighted by Gasteiger charge is 2.38. The molecule has 29 heavy (non-hydrogen) atoms. The second-order valence-corrected chi connectivity index (χ2v) is 7.36. The lowest BCUT2D eigenvalue weighted by atomic mass is 9.99. The number of fused-ring (bicyclic) bond motifs is 4. The summed E-state index contributed by atoms with van der Waals surface area (Å²) in [5.41, 5.74) is 3.74. The molecule has 1 N–H and O–H groups in total. The summed E-state index contributed by atoms with van der Waals surface area (Å²) in [6.07, 6.45) is 6.81. The van der Waals surface area contributed by atoms with Gasteiger partial charge in [0.05, 0.1) is 17.4 Å². The summed E-state index contributed by atoms with van der Waals surface area (Å²) >= 11 is 0. The molecule has 1 unspecified atom stereocenters. The lowest BCUT2D eigenvalue weighted by molar-refractivity contribution is 0.252. The van der Waals surface area contributed by atoms with Crippen LogP contribution in [0.1, 0.15) is 18.5 Å². The highest BCUT2D eigenvalue weighted by Crippen LogP contribution is 2.39. The average molecular weight is 387 g/mol. The number of nitrogens with one attached hydrogen (secondary N) is 1. The lowest BCUT2D eigenvalue weighted by Gasteiger charge is -2.45. The maximum Gasteiger partial charge on any atom is 0.329 e. The Balaban J connectivity index is 1.56. The lowest BCUT2D eigenvalue weighted by Crippen LogP contribution is -2.56. The Kier molecular flexibility index (Phi) is 4.31. The number of pyridine rings is 2. The van der Waals surface area contributed by atoms with Crippen molar-refractivity contribution in [1.82, 2.24) is 19.9 Å². The summed E-state index contributed by atoms with van der Waals surface area (Å²) in [7, 11) is 0. The summed E-state index contributed by atoms with van der Waals surface area (Å²) in [4.78, 5) is 34.5. The van der Waals surface area contributed by atoms with Gasteiger partial charge >= 0.3 is 6.03 Å². The molecule has 2 aliphatic heterocycles. The van der Waals surface area contributed by atoms with E-state index >= 15 is 0 Å². The molecule has 1 saturated heterocycles. The largest absolute Gasteiger partial charge is 0.366 e. The number of aryl methyl sites for hydroxylation is 1. The van der Waals surface area contributed by atoms with E-state index in [1.165, 1.54) is 6.33 Å². The Morgan fingerprint density at radius 3 is 2.93 bits per heavy atom. The van der Waals surface area contributed by atoms with Gasteiger partial charge in [0.15, 0.2) is 5.82 Å². The molecule has 146 valence electrons. The van der Waals surface area contributed by atoms with E-state index in [4.69, 9.17) is 4.98 Å². The van der Waals surface area contributed by atoms with Gasteiger partial charge in [-0.3, -0.25) is 15.2 Å². The predicted molar refractivity (Wildman–Crippen MR) is 111 cm³/mol. The third kappa shape index (κ3) is 3.26. The molecule has 0 saturated carbocycles. The van der Waals surface area contributed by atoms with Crippen molar-refractivity contribution in [2.75, 3.05) is 28.2 Å². The van der Waals surface area contributed by atoms with E-state index in [1.807, 2.05) is 25.1 Å². The Bertz CT molecular complexity index is 1060. The first-order valence-electron chi connectivity index (χ1n) is 9.74. The van der Waals surface area contributed by atoms with Crippen molar-refractivity contribution in [3.63, 3.8) is 0 Å². The van der Waals surface area contributed by atoms with Gasteiger partial charge in [0.25, 0.3) is 0 Å². The average Bonchev–Trinajstić information content (AvgIpc) is 2.74. The van der Waals surface area contributed by atoms with Gasteiger partial charge < -0.3 is 4.90 Å². The highest BCUT2D eigenvalue weighted by molar-refractivity contribution is 6.04. The van der Waals surface area contributed by atoms with E-state index in [2.05, 4.69) is 31.2 Å². The van der Waals surface area contributed by atoms with Gasteiger partial charge in [-0.1, -0.05) is 0 Å². The smallest absolute Gasteiger partial charge is 0.329 e. The number of carbonyl (C=O) groups is 1. The quantitative estimate of drug-likeness (QED) is 0.726. The topological polar surface area (TPSA) is 87.1 Å². The Morgan fingerprint density at radius 2 is 2.10 bits per heavy atom. The van der Waals surface area contributed by atoms with Crippen LogP contribution < -0.4 is 15.1 Å². The van der Waals surface area contributed by atoms with Gasteiger partial charge in [-0.15, -0.1) is 0 Å². The van der Waals surface area contributed by atoms with Crippen molar-refractivity contribution >= 4 is 23.4 Å². The number of aromatic nitrogens is 4. The monoisotopic (exact) mass is 387 g/mol. The maximum absolute atomic E-state index is 13.2. The molecule has 8 heteroatoms. The zero-order valence-electron chi connectivity index (χ0n) is 16.1. The molecule has 0 radical (unpaired) electrons. The van der Waals surface area contributed by atoms with Crippen molar-refractivity contribution in [2.45, 2.75) is 25.8 Å². The van der Waals surface area contributed by atoms with Crippen molar-refractivity contribution in [1.29, 1.82) is 0 Å². The van der Waals surface area contributed by atoms with Crippen LogP contribution in [0.25, 0.3) is 11.3 Å². The Labute approximate surface area is 168 Å². The molecule has 1 fully saturated rings. The molecule has 3 aromatic heterocycles. The van der Waals surface area contributed by atoms with Gasteiger partial charge in [0.1, 0.15) is 12.1 Å². The second-order valence-electron chi connectivity index (χ2n) is 7.36. The molecule has 0 spiro atoms. The van der Waals surface area contributed by atoms with Crippen LogP contribution in [0.4, 0.5) is 22.1 Å². The predicted octanol–water partition coefficient (Wildman–Crippen LogP) is 3.26. The third-order valence-corrected chi connectivity index (χ3v) is 5.41. The first-order valence-corrected chi connectivity index (χ1v) is 9.74. The molecule has 8 nitrogen and oxygen atoms in total. The van der Waals surface area contributed by atoms with Crippen molar-refractivity contribution in [2.24, 2.45) is 0 Å². The summed E-state index contributed by atoms with van der Waals surface area (Å²) in [6.45, 7) is 3.76. The molecule has 5 rings (SSSR count). The van der Waals surface area contributed by atoms with E-state index in [0.717, 1.165) is 48.6 Å². The van der Waals surface area contributed by atoms with E-state index in [1.54, 1.807) is 23.4 Å². The normalized spacial score (nSPS) is 17.6. The number of amides is 2. The van der Waals surface area contributed by atoms with Gasteiger partial charge in [0, 0.05) is 36.7 Å². The fourth-order valence-electron chi connectivity index (χ4n) is 4.08. The zero-order chi connectivity index (χ0) is 19.8. The molecule has 1 atom stereocenters. The summed E-state index contributed by atoms with van der Waals surface area (Å²) in [5.74, 6) is 1.17. The van der Waals surface area contributed by atoms with Crippen LogP contribution >= 0.6 is 0 Å². The molecule has 2 amide bonds. The van der Waals surface area contributed by atoms with Gasteiger partial charge in [-0.25, -0.2) is 19.7 Å². The van der Waals surface area contributed by atoms with Crippen molar-refractivity contribution in [3.8, 4) is 11.3 Å². The number of anilines is 3. The maximum atomic E-state index is 13.2. The van der Waals surface area contributed by atoms with E-state index in [9.17, 15) is 4.79 Å². The molecular formula is C21H21N7O. The minimum atomic E-state index is -0.216. The molecule has 5 heterocycles. The van der Waals surface area contributed by atoms with Crippen LogP contribution in [0.5, 0.6) is 0 Å². The number of urea groups is 1. The van der Waals surface area contributed by atoms with Gasteiger partial charge in [-0.2, -0.15) is 0 Å². The van der Waals surface area contributed by atoms with E-state index < -0.39 is 0 Å². The minimum absolute atomic E-state index is 0.0833. The van der Waals surface area contributed by atoms with E-state index in [0.29, 0.717) is 11.6 Å². The number of hydrogen-bond acceptors (Lipinski definition) is 6. The standard InChI is InChI=1S/C21H21N7O/c1-14-11-15(6-9-23-14)17-4-5-18-20(25-17)28(16-3-2-10-27(18)12-16)21(29)26-19-7-8-22-13-24-19/h4-9,11,13,16H,2-3,10,12H2,1H3,(H,22,24,26,29). The molecule has 2 aliphatic rings. The van der Waals surface area contributed by atoms with Crippen LogP contribution in [0.3, 0.4) is 0 Å². The first-order chi connectivity index (χ1) is 14.2. The first kappa shape index (κ1) is 17.5. The van der Waals surface area contributed by atoms with Gasteiger partial charge in [0.2, 0.25) is 0 Å². The summed E-state index contributed by atoms with van der Waals surface area (Å²) in [5, 5.41) is 2.89. The SMILES string of the molecule is Cc1cc(-c2ccc3c(n2)N(C(=O)Nc2ccncn2)C2CCCN3C2)ccn1. The molecule has 0 aromatic carbocycles. The fraction of sp³-hybridized carbons (Fsp3) is 0.286. The minimum Gasteiger partial charge on any atom is -0.366 e. The van der Waals surface area contributed by atoms with Crippen LogP contribution in [-0.2, 0) is 0 Å².